The molecule has 8 nitrogen and oxygen atoms in total. The highest BCUT2D eigenvalue weighted by Gasteiger charge is 2.46. The van der Waals surface area contributed by atoms with E-state index in [1.54, 1.807) is 23.3 Å². The lowest BCUT2D eigenvalue weighted by atomic mass is 9.86. The number of carbonyl (C=O) groups excluding carboxylic acids is 3. The molecule has 0 aromatic heterocycles. The third-order valence-corrected chi connectivity index (χ3v) is 7.20. The molecule has 2 fully saturated rings. The van der Waals surface area contributed by atoms with Gasteiger partial charge in [-0.05, 0) is 49.8 Å². The Hall–Kier alpha value is -2.43. The van der Waals surface area contributed by atoms with Gasteiger partial charge in [-0.25, -0.2) is 4.39 Å². The second-order valence-electron chi connectivity index (χ2n) is 8.54. The number of piperazine rings is 1. The van der Waals surface area contributed by atoms with Crippen molar-refractivity contribution in [2.75, 3.05) is 32.4 Å². The molecule has 3 N–H and O–H groups in total. The fourth-order valence-corrected chi connectivity index (χ4v) is 4.98. The predicted molar refractivity (Wildman–Crippen MR) is 122 cm³/mol. The number of thioether (sulfide) groups is 1. The normalized spacial score (nSPS) is 23.8. The van der Waals surface area contributed by atoms with Gasteiger partial charge in [0.05, 0.1) is 12.0 Å². The Balaban J connectivity index is 1.56. The number of benzene rings is 1. The number of aliphatic hydroxyl groups is 1. The van der Waals surface area contributed by atoms with E-state index in [1.807, 2.05) is 4.90 Å². The van der Waals surface area contributed by atoms with Gasteiger partial charge in [-0.3, -0.25) is 19.7 Å². The first-order valence-electron chi connectivity index (χ1n) is 11.2. The summed E-state index contributed by atoms with van der Waals surface area (Å²) in [5.74, 6) is -2.27. The Bertz CT molecular complexity index is 954. The van der Waals surface area contributed by atoms with Crippen molar-refractivity contribution in [3.8, 4) is 0 Å². The highest BCUT2D eigenvalue weighted by atomic mass is 32.2. The van der Waals surface area contributed by atoms with Crippen LogP contribution < -0.4 is 10.6 Å². The Morgan fingerprint density at radius 2 is 2.06 bits per heavy atom. The first-order chi connectivity index (χ1) is 15.9. The van der Waals surface area contributed by atoms with Crippen LogP contribution in [0.2, 0.25) is 0 Å². The van der Waals surface area contributed by atoms with Crippen molar-refractivity contribution < 1.29 is 23.9 Å². The zero-order valence-electron chi connectivity index (χ0n) is 18.6. The molecule has 1 aromatic carbocycles. The summed E-state index contributed by atoms with van der Waals surface area (Å²) in [5.41, 5.74) is 0.763. The van der Waals surface area contributed by atoms with Crippen LogP contribution in [-0.4, -0.2) is 76.5 Å². The number of hydrogen-bond acceptors (Lipinski definition) is 7. The minimum absolute atomic E-state index is 0.135. The van der Waals surface area contributed by atoms with Crippen LogP contribution in [0.4, 0.5) is 4.39 Å². The van der Waals surface area contributed by atoms with Gasteiger partial charge in [0.25, 0.3) is 5.91 Å². The first-order valence-corrected chi connectivity index (χ1v) is 12.5. The van der Waals surface area contributed by atoms with Crippen LogP contribution in [0.25, 0.3) is 0 Å². The summed E-state index contributed by atoms with van der Waals surface area (Å²) < 4.78 is 13.1. The average Bonchev–Trinajstić information content (AvgIpc) is 2.82. The van der Waals surface area contributed by atoms with Crippen molar-refractivity contribution in [1.29, 1.82) is 0 Å². The van der Waals surface area contributed by atoms with Gasteiger partial charge in [0, 0.05) is 25.2 Å². The minimum atomic E-state index is -0.946. The summed E-state index contributed by atoms with van der Waals surface area (Å²) in [6.07, 6.45) is 3.02. The number of halogens is 1. The molecular formula is C23H29FN4O4S. The molecule has 2 amide bonds. The maximum atomic E-state index is 13.4. The molecule has 178 valence electrons. The van der Waals surface area contributed by atoms with E-state index in [1.165, 1.54) is 23.9 Å². The van der Waals surface area contributed by atoms with E-state index in [9.17, 15) is 23.9 Å². The molecule has 3 unspecified atom stereocenters. The minimum Gasteiger partial charge on any atom is -0.382 e. The van der Waals surface area contributed by atoms with Gasteiger partial charge >= 0.3 is 0 Å². The summed E-state index contributed by atoms with van der Waals surface area (Å²) >= 11 is 1.27. The molecule has 0 saturated carbocycles. The smallest absolute Gasteiger partial charge is 0.271 e. The highest BCUT2D eigenvalue weighted by molar-refractivity contribution is 7.99. The standard InChI is InChI=1S/C23H29FN4O4S/c1-33-19(29)8-7-16-20-23(32)28-10-2-9-25-18(28)13-27(20)12-17(21(16)30)22(31)26-11-14-3-5-15(24)6-4-14/h3-6,17-19,25,29H,2,7-13H2,1H3,(H,26,31). The number of fused-ring (bicyclic) bond motifs is 2. The third-order valence-electron chi connectivity index (χ3n) is 6.42. The van der Waals surface area contributed by atoms with E-state index in [-0.39, 0.29) is 43.2 Å². The topological polar surface area (TPSA) is 102 Å². The molecular weight excluding hydrogens is 447 g/mol. The van der Waals surface area contributed by atoms with Crippen LogP contribution in [0.3, 0.4) is 0 Å². The number of ketones is 1. The first kappa shape index (κ1) is 23.7. The van der Waals surface area contributed by atoms with Gasteiger partial charge in [-0.15, -0.1) is 11.8 Å². The number of allylic oxidation sites excluding steroid dienone is 1. The summed E-state index contributed by atoms with van der Waals surface area (Å²) in [6.45, 7) is 2.26. The van der Waals surface area contributed by atoms with Gasteiger partial charge in [0.15, 0.2) is 5.78 Å². The van der Waals surface area contributed by atoms with Gasteiger partial charge in [0.2, 0.25) is 5.91 Å². The monoisotopic (exact) mass is 476 g/mol. The molecule has 3 aliphatic rings. The molecule has 3 aliphatic heterocycles. The Morgan fingerprint density at radius 3 is 2.79 bits per heavy atom. The summed E-state index contributed by atoms with van der Waals surface area (Å²) in [5, 5.41) is 16.2. The van der Waals surface area contributed by atoms with Gasteiger partial charge in [0.1, 0.15) is 23.6 Å². The summed E-state index contributed by atoms with van der Waals surface area (Å²) in [7, 11) is 0. The quantitative estimate of drug-likeness (QED) is 0.396. The van der Waals surface area contributed by atoms with Crippen molar-refractivity contribution >= 4 is 29.4 Å². The van der Waals surface area contributed by atoms with Crippen molar-refractivity contribution in [2.24, 2.45) is 5.92 Å². The molecule has 0 bridgehead atoms. The lowest BCUT2D eigenvalue weighted by Crippen LogP contribution is -2.65. The number of rotatable bonds is 7. The number of aliphatic hydroxyl groups excluding tert-OH is 1. The Morgan fingerprint density at radius 1 is 1.30 bits per heavy atom. The lowest BCUT2D eigenvalue weighted by Gasteiger charge is -2.48. The largest absolute Gasteiger partial charge is 0.382 e. The molecule has 33 heavy (non-hydrogen) atoms. The van der Waals surface area contributed by atoms with E-state index in [0.29, 0.717) is 30.8 Å². The van der Waals surface area contributed by atoms with Crippen LogP contribution in [0.15, 0.2) is 35.5 Å². The fourth-order valence-electron chi connectivity index (χ4n) is 4.62. The lowest BCUT2D eigenvalue weighted by molar-refractivity contribution is -0.143. The second kappa shape index (κ2) is 10.2. The number of hydrogen-bond donors (Lipinski definition) is 3. The Labute approximate surface area is 196 Å². The number of nitrogens with one attached hydrogen (secondary N) is 2. The molecule has 0 aliphatic carbocycles. The van der Waals surface area contributed by atoms with E-state index >= 15 is 0 Å². The van der Waals surface area contributed by atoms with E-state index in [0.717, 1.165) is 18.5 Å². The van der Waals surface area contributed by atoms with Crippen molar-refractivity contribution in [2.45, 2.75) is 37.4 Å². The number of nitrogens with zero attached hydrogens (tertiary/aromatic N) is 2. The van der Waals surface area contributed by atoms with Crippen LogP contribution in [-0.2, 0) is 20.9 Å². The van der Waals surface area contributed by atoms with Crippen LogP contribution in [0.1, 0.15) is 24.8 Å². The molecule has 4 rings (SSSR count). The Kier molecular flexibility index (Phi) is 7.35. The number of carbonyl (C=O) groups is 3. The number of Topliss-reactive ketones (excluding diaryl/α,β-unsaturated/α-hetero) is 1. The highest BCUT2D eigenvalue weighted by Crippen LogP contribution is 2.33. The van der Waals surface area contributed by atoms with Gasteiger partial charge < -0.3 is 20.2 Å². The summed E-state index contributed by atoms with van der Waals surface area (Å²) in [6, 6.07) is 5.80. The van der Waals surface area contributed by atoms with Crippen LogP contribution in [0.5, 0.6) is 0 Å². The van der Waals surface area contributed by atoms with Crippen LogP contribution in [0, 0.1) is 11.7 Å². The van der Waals surface area contributed by atoms with Gasteiger partial charge in [-0.1, -0.05) is 12.1 Å². The van der Waals surface area contributed by atoms with E-state index in [2.05, 4.69) is 10.6 Å². The van der Waals surface area contributed by atoms with E-state index < -0.39 is 17.3 Å². The van der Waals surface area contributed by atoms with Crippen molar-refractivity contribution in [1.82, 2.24) is 20.4 Å². The molecule has 0 radical (unpaired) electrons. The molecule has 1 aromatic rings. The molecule has 2 saturated heterocycles. The number of amides is 2. The molecule has 3 heterocycles. The van der Waals surface area contributed by atoms with Crippen molar-refractivity contribution in [3.63, 3.8) is 0 Å². The molecule has 10 heteroatoms. The fraction of sp³-hybridized carbons (Fsp3) is 0.522. The van der Waals surface area contributed by atoms with Crippen LogP contribution >= 0.6 is 11.8 Å². The maximum Gasteiger partial charge on any atom is 0.271 e. The molecule has 0 spiro atoms. The zero-order valence-corrected chi connectivity index (χ0v) is 19.4. The van der Waals surface area contributed by atoms with Crippen molar-refractivity contribution in [3.05, 3.63) is 46.9 Å². The van der Waals surface area contributed by atoms with E-state index in [4.69, 9.17) is 0 Å². The predicted octanol–water partition coefficient (Wildman–Crippen LogP) is 0.820. The molecule has 3 atom stereocenters. The second-order valence-corrected chi connectivity index (χ2v) is 9.56. The maximum absolute atomic E-state index is 13.4. The zero-order chi connectivity index (χ0) is 23.5. The SMILES string of the molecule is CSC(O)CCC1=C2C(=O)N3CCCNC3CN2CC(C(=O)NCc2ccc(F)cc2)C1=O. The summed E-state index contributed by atoms with van der Waals surface area (Å²) in [4.78, 5) is 43.4. The third kappa shape index (κ3) is 5.07. The average molecular weight is 477 g/mol. The van der Waals surface area contributed by atoms with Gasteiger partial charge in [-0.2, -0.15) is 0 Å².